The number of rotatable bonds is 12. The summed E-state index contributed by atoms with van der Waals surface area (Å²) >= 11 is 0. The van der Waals surface area contributed by atoms with Crippen molar-refractivity contribution in [2.75, 3.05) is 6.61 Å². The minimum absolute atomic E-state index is 0.119. The van der Waals surface area contributed by atoms with E-state index < -0.39 is 14.2 Å². The van der Waals surface area contributed by atoms with Crippen LogP contribution in [0.5, 0.6) is 0 Å². The van der Waals surface area contributed by atoms with Gasteiger partial charge in [0.15, 0.2) is 0 Å². The molecule has 2 atom stereocenters. The van der Waals surface area contributed by atoms with E-state index in [0.717, 1.165) is 38.4 Å². The number of hydrogen-bond donors (Lipinski definition) is 1. The number of hydrogen-bond acceptors (Lipinski definition) is 3. The van der Waals surface area contributed by atoms with E-state index in [1.54, 1.807) is 0 Å². The van der Waals surface area contributed by atoms with Crippen LogP contribution < -0.4 is 5.09 Å². The summed E-state index contributed by atoms with van der Waals surface area (Å²) in [6, 6.07) is 10.1. The van der Waals surface area contributed by atoms with E-state index in [2.05, 4.69) is 29.4 Å². The summed E-state index contributed by atoms with van der Waals surface area (Å²) in [5.41, 5.74) is 1.38. The number of benzene rings is 1. The molecule has 0 heterocycles. The van der Waals surface area contributed by atoms with Crippen molar-refractivity contribution >= 4 is 14.5 Å². The van der Waals surface area contributed by atoms with Gasteiger partial charge in [-0.15, -0.1) is 0 Å². The Kier molecular flexibility index (Phi) is 10.1. The second-order valence-corrected chi connectivity index (χ2v) is 6.99. The molecule has 1 aromatic carbocycles. The third-order valence-corrected chi connectivity index (χ3v) is 4.62. The van der Waals surface area contributed by atoms with E-state index in [0.29, 0.717) is 6.61 Å². The SMILES string of the molecule is CC(C)[C@@H](C=O)N[PH](=O)OCCCCCCc1ccccc1. The van der Waals surface area contributed by atoms with Gasteiger partial charge in [0.05, 0.1) is 12.6 Å². The fourth-order valence-electron chi connectivity index (χ4n) is 2.13. The van der Waals surface area contributed by atoms with Crippen LogP contribution in [-0.4, -0.2) is 18.9 Å². The molecule has 0 radical (unpaired) electrons. The van der Waals surface area contributed by atoms with Crippen molar-refractivity contribution in [3.8, 4) is 0 Å². The van der Waals surface area contributed by atoms with Gasteiger partial charge in [-0.1, -0.05) is 57.0 Å². The first-order valence-corrected chi connectivity index (χ1v) is 9.37. The zero-order chi connectivity index (χ0) is 16.2. The van der Waals surface area contributed by atoms with Crippen LogP contribution in [0.4, 0.5) is 0 Å². The van der Waals surface area contributed by atoms with Crippen LogP contribution in [0.1, 0.15) is 45.1 Å². The molecule has 0 aliphatic rings. The molecular formula is C17H28NO3P. The summed E-state index contributed by atoms with van der Waals surface area (Å²) in [4.78, 5) is 10.8. The van der Waals surface area contributed by atoms with Crippen LogP contribution in [0, 0.1) is 5.92 Å². The predicted octanol–water partition coefficient (Wildman–Crippen LogP) is 4.01. The van der Waals surface area contributed by atoms with Crippen molar-refractivity contribution in [2.45, 2.75) is 52.0 Å². The standard InChI is InChI=1S/C17H28NO3P/c1-15(2)17(14-19)18-22(20)21-13-9-4-3-6-10-16-11-7-5-8-12-16/h5,7-8,11-12,14-15,17,22H,3-4,6,9-10,13H2,1-2H3,(H,18,20)/t17-/m1/s1. The summed E-state index contributed by atoms with van der Waals surface area (Å²) in [5, 5.41) is 2.75. The average molecular weight is 325 g/mol. The van der Waals surface area contributed by atoms with E-state index in [9.17, 15) is 9.36 Å². The van der Waals surface area contributed by atoms with Crippen molar-refractivity contribution in [2.24, 2.45) is 5.92 Å². The van der Waals surface area contributed by atoms with E-state index in [4.69, 9.17) is 4.52 Å². The highest BCUT2D eigenvalue weighted by Crippen LogP contribution is 2.20. The monoisotopic (exact) mass is 325 g/mol. The Labute approximate surface area is 134 Å². The zero-order valence-corrected chi connectivity index (χ0v) is 14.6. The third-order valence-electron chi connectivity index (χ3n) is 3.59. The average Bonchev–Trinajstić information content (AvgIpc) is 2.52. The van der Waals surface area contributed by atoms with Crippen molar-refractivity contribution in [3.63, 3.8) is 0 Å². The number of aldehydes is 1. The molecular weight excluding hydrogens is 297 g/mol. The topological polar surface area (TPSA) is 55.4 Å². The number of nitrogens with one attached hydrogen (secondary N) is 1. The van der Waals surface area contributed by atoms with Gasteiger partial charge in [0.2, 0.25) is 0 Å². The number of aryl methyl sites for hydroxylation is 1. The molecule has 0 saturated heterocycles. The highest BCUT2D eigenvalue weighted by atomic mass is 31.1. The summed E-state index contributed by atoms with van der Waals surface area (Å²) in [6.45, 7) is 4.31. The Morgan fingerprint density at radius 2 is 1.82 bits per heavy atom. The lowest BCUT2D eigenvalue weighted by Gasteiger charge is -2.15. The fourth-order valence-corrected chi connectivity index (χ4v) is 3.22. The van der Waals surface area contributed by atoms with E-state index in [1.807, 2.05) is 19.9 Å². The van der Waals surface area contributed by atoms with Crippen LogP contribution in [-0.2, 0) is 20.3 Å². The van der Waals surface area contributed by atoms with Crippen molar-refractivity contribution in [3.05, 3.63) is 35.9 Å². The summed E-state index contributed by atoms with van der Waals surface area (Å²) in [6.07, 6.45) is 6.19. The first-order chi connectivity index (χ1) is 10.6. The summed E-state index contributed by atoms with van der Waals surface area (Å²) < 4.78 is 16.9. The van der Waals surface area contributed by atoms with Crippen LogP contribution in [0.3, 0.4) is 0 Å². The third kappa shape index (κ3) is 8.47. The van der Waals surface area contributed by atoms with Gasteiger partial charge in [0, 0.05) is 0 Å². The molecule has 1 aromatic rings. The molecule has 5 heteroatoms. The molecule has 0 aromatic heterocycles. The molecule has 4 nitrogen and oxygen atoms in total. The van der Waals surface area contributed by atoms with Crippen LogP contribution in [0.25, 0.3) is 0 Å². The van der Waals surface area contributed by atoms with E-state index in [1.165, 1.54) is 5.56 Å². The minimum atomic E-state index is -2.31. The second-order valence-electron chi connectivity index (χ2n) is 5.84. The van der Waals surface area contributed by atoms with Crippen LogP contribution in [0.15, 0.2) is 30.3 Å². The number of carbonyl (C=O) groups is 1. The smallest absolute Gasteiger partial charge is 0.258 e. The molecule has 22 heavy (non-hydrogen) atoms. The number of carbonyl (C=O) groups excluding carboxylic acids is 1. The maximum Gasteiger partial charge on any atom is 0.258 e. The lowest BCUT2D eigenvalue weighted by molar-refractivity contribution is -0.110. The Morgan fingerprint density at radius 1 is 1.14 bits per heavy atom. The normalized spacial score (nSPS) is 14.0. The van der Waals surface area contributed by atoms with Gasteiger partial charge in [-0.2, -0.15) is 0 Å². The Bertz CT molecular complexity index is 437. The van der Waals surface area contributed by atoms with Crippen molar-refractivity contribution in [1.29, 1.82) is 0 Å². The molecule has 1 unspecified atom stereocenters. The molecule has 0 saturated carbocycles. The quantitative estimate of drug-likeness (QED) is 0.358. The van der Waals surface area contributed by atoms with Gasteiger partial charge in [-0.3, -0.25) is 4.57 Å². The zero-order valence-electron chi connectivity index (χ0n) is 13.6. The van der Waals surface area contributed by atoms with Gasteiger partial charge < -0.3 is 9.32 Å². The fraction of sp³-hybridized carbons (Fsp3) is 0.588. The van der Waals surface area contributed by atoms with Gasteiger partial charge in [0.25, 0.3) is 8.18 Å². The Hall–Kier alpha value is -0.960. The summed E-state index contributed by atoms with van der Waals surface area (Å²) in [5.74, 6) is 0.119. The van der Waals surface area contributed by atoms with Crippen molar-refractivity contribution in [1.82, 2.24) is 5.09 Å². The summed E-state index contributed by atoms with van der Waals surface area (Å²) in [7, 11) is -2.31. The molecule has 1 rings (SSSR count). The molecule has 124 valence electrons. The van der Waals surface area contributed by atoms with E-state index >= 15 is 0 Å². The Balaban J connectivity index is 2.01. The maximum atomic E-state index is 11.7. The van der Waals surface area contributed by atoms with Gasteiger partial charge in [-0.25, -0.2) is 5.09 Å². The van der Waals surface area contributed by atoms with Gasteiger partial charge in [0.1, 0.15) is 6.29 Å². The largest absolute Gasteiger partial charge is 0.320 e. The minimum Gasteiger partial charge on any atom is -0.320 e. The Morgan fingerprint density at radius 3 is 2.45 bits per heavy atom. The first kappa shape index (κ1) is 19.1. The molecule has 0 amide bonds. The molecule has 0 aliphatic heterocycles. The predicted molar refractivity (Wildman–Crippen MR) is 91.4 cm³/mol. The second kappa shape index (κ2) is 11.6. The van der Waals surface area contributed by atoms with Gasteiger partial charge in [-0.05, 0) is 30.7 Å². The van der Waals surface area contributed by atoms with Crippen LogP contribution in [0.2, 0.25) is 0 Å². The van der Waals surface area contributed by atoms with Crippen molar-refractivity contribution < 1.29 is 13.9 Å². The lowest BCUT2D eigenvalue weighted by Crippen LogP contribution is -2.30. The highest BCUT2D eigenvalue weighted by molar-refractivity contribution is 7.36. The number of unbranched alkanes of at least 4 members (excludes halogenated alkanes) is 3. The van der Waals surface area contributed by atoms with Gasteiger partial charge >= 0.3 is 0 Å². The molecule has 0 spiro atoms. The molecule has 1 N–H and O–H groups in total. The molecule has 0 fully saturated rings. The first-order valence-electron chi connectivity index (χ1n) is 8.06. The maximum absolute atomic E-state index is 11.7. The molecule has 0 bridgehead atoms. The lowest BCUT2D eigenvalue weighted by atomic mass is 10.1. The molecule has 0 aliphatic carbocycles. The van der Waals surface area contributed by atoms with Crippen LogP contribution >= 0.6 is 8.18 Å². The highest BCUT2D eigenvalue weighted by Gasteiger charge is 2.14. The van der Waals surface area contributed by atoms with E-state index in [-0.39, 0.29) is 5.92 Å².